The number of amides is 1. The smallest absolute Gasteiger partial charge is 0.241 e. The van der Waals surface area contributed by atoms with Crippen molar-refractivity contribution in [2.24, 2.45) is 5.92 Å². The number of carbonyl (C=O) groups excluding carboxylic acids is 1. The van der Waals surface area contributed by atoms with Crippen LogP contribution in [0.5, 0.6) is 5.75 Å². The van der Waals surface area contributed by atoms with Gasteiger partial charge < -0.3 is 9.64 Å². The SMILES string of the molecule is CCOc1ccc(S(=O)(=O)N[C@@H](C)C(=O)N2CCC(Cc3ccccc3)CC2)cc1C. The molecule has 1 fully saturated rings. The zero-order valence-corrected chi connectivity index (χ0v) is 19.3. The third-order valence-electron chi connectivity index (χ3n) is 5.75. The van der Waals surface area contributed by atoms with Crippen molar-refractivity contribution >= 4 is 15.9 Å². The summed E-state index contributed by atoms with van der Waals surface area (Å²) in [7, 11) is -3.80. The molecule has 0 bridgehead atoms. The Labute approximate surface area is 185 Å². The van der Waals surface area contributed by atoms with Crippen molar-refractivity contribution in [1.82, 2.24) is 9.62 Å². The molecule has 1 atom stereocenters. The fourth-order valence-electron chi connectivity index (χ4n) is 4.04. The van der Waals surface area contributed by atoms with Crippen molar-refractivity contribution in [2.45, 2.75) is 51.0 Å². The molecule has 0 unspecified atom stereocenters. The highest BCUT2D eigenvalue weighted by atomic mass is 32.2. The Balaban J connectivity index is 1.56. The van der Waals surface area contributed by atoms with E-state index in [2.05, 4.69) is 16.9 Å². The van der Waals surface area contributed by atoms with E-state index in [-0.39, 0.29) is 10.8 Å². The Morgan fingerprint density at radius 2 is 1.84 bits per heavy atom. The number of aryl methyl sites for hydroxylation is 1. The van der Waals surface area contributed by atoms with E-state index in [9.17, 15) is 13.2 Å². The highest BCUT2D eigenvalue weighted by molar-refractivity contribution is 7.89. The molecule has 1 N–H and O–H groups in total. The quantitative estimate of drug-likeness (QED) is 0.676. The maximum Gasteiger partial charge on any atom is 0.241 e. The van der Waals surface area contributed by atoms with E-state index in [1.54, 1.807) is 30.9 Å². The molecular weight excluding hydrogens is 412 g/mol. The lowest BCUT2D eigenvalue weighted by Crippen LogP contribution is -2.49. The molecule has 3 rings (SSSR count). The first-order valence-corrected chi connectivity index (χ1v) is 12.4. The lowest BCUT2D eigenvalue weighted by molar-refractivity contribution is -0.133. The van der Waals surface area contributed by atoms with Crippen LogP contribution in [-0.4, -0.2) is 45.0 Å². The number of sulfonamides is 1. The van der Waals surface area contributed by atoms with Gasteiger partial charge in [-0.2, -0.15) is 4.72 Å². The summed E-state index contributed by atoms with van der Waals surface area (Å²) in [5, 5.41) is 0. The van der Waals surface area contributed by atoms with Gasteiger partial charge in [-0.3, -0.25) is 4.79 Å². The van der Waals surface area contributed by atoms with Crippen LogP contribution in [0.25, 0.3) is 0 Å². The minimum Gasteiger partial charge on any atom is -0.494 e. The van der Waals surface area contributed by atoms with Crippen molar-refractivity contribution in [2.75, 3.05) is 19.7 Å². The molecule has 31 heavy (non-hydrogen) atoms. The van der Waals surface area contributed by atoms with Gasteiger partial charge >= 0.3 is 0 Å². The summed E-state index contributed by atoms with van der Waals surface area (Å²) in [6.45, 7) is 7.12. The van der Waals surface area contributed by atoms with Gasteiger partial charge in [-0.05, 0) is 75.3 Å². The fraction of sp³-hybridized carbons (Fsp3) is 0.458. The van der Waals surface area contributed by atoms with Crippen molar-refractivity contribution in [3.05, 3.63) is 59.7 Å². The average molecular weight is 445 g/mol. The lowest BCUT2D eigenvalue weighted by Gasteiger charge is -2.33. The molecule has 0 aromatic heterocycles. The Morgan fingerprint density at radius 3 is 2.45 bits per heavy atom. The first-order chi connectivity index (χ1) is 14.8. The van der Waals surface area contributed by atoms with Crippen molar-refractivity contribution in [3.63, 3.8) is 0 Å². The molecule has 0 aliphatic carbocycles. The van der Waals surface area contributed by atoms with Crippen molar-refractivity contribution in [1.29, 1.82) is 0 Å². The van der Waals surface area contributed by atoms with Gasteiger partial charge in [-0.15, -0.1) is 0 Å². The minimum absolute atomic E-state index is 0.134. The second kappa shape index (κ2) is 10.3. The number of piperidine rings is 1. The fourth-order valence-corrected chi connectivity index (χ4v) is 5.32. The number of rotatable bonds is 8. The van der Waals surface area contributed by atoms with E-state index in [4.69, 9.17) is 4.74 Å². The maximum absolute atomic E-state index is 12.9. The Morgan fingerprint density at radius 1 is 1.16 bits per heavy atom. The molecule has 168 valence electrons. The summed E-state index contributed by atoms with van der Waals surface area (Å²) in [4.78, 5) is 14.8. The largest absolute Gasteiger partial charge is 0.494 e. The zero-order chi connectivity index (χ0) is 22.4. The normalized spacial score (nSPS) is 16.2. The summed E-state index contributed by atoms with van der Waals surface area (Å²) in [5.41, 5.74) is 2.06. The molecule has 1 saturated heterocycles. The third-order valence-corrected chi connectivity index (χ3v) is 7.29. The van der Waals surface area contributed by atoms with Gasteiger partial charge in [-0.1, -0.05) is 30.3 Å². The molecule has 7 heteroatoms. The van der Waals surface area contributed by atoms with Crippen LogP contribution in [0, 0.1) is 12.8 Å². The monoisotopic (exact) mass is 444 g/mol. The van der Waals surface area contributed by atoms with Crippen LogP contribution in [0.3, 0.4) is 0 Å². The maximum atomic E-state index is 12.9. The minimum atomic E-state index is -3.80. The molecule has 2 aromatic rings. The van der Waals surface area contributed by atoms with Crippen LogP contribution in [0.2, 0.25) is 0 Å². The zero-order valence-electron chi connectivity index (χ0n) is 18.5. The summed E-state index contributed by atoms with van der Waals surface area (Å²) in [6.07, 6.45) is 2.87. The second-order valence-electron chi connectivity index (χ2n) is 8.16. The molecular formula is C24H32N2O4S. The standard InChI is InChI=1S/C24H32N2O4S/c1-4-30-23-11-10-22(16-18(23)2)31(28,29)25-19(3)24(27)26-14-12-21(13-15-26)17-20-8-6-5-7-9-20/h5-11,16,19,21,25H,4,12-15,17H2,1-3H3/t19-/m0/s1. The summed E-state index contributed by atoms with van der Waals surface area (Å²) in [6, 6.07) is 14.3. The van der Waals surface area contributed by atoms with Gasteiger partial charge in [0.05, 0.1) is 17.5 Å². The van der Waals surface area contributed by atoms with E-state index < -0.39 is 16.1 Å². The number of hydrogen-bond acceptors (Lipinski definition) is 4. The van der Waals surface area contributed by atoms with Crippen LogP contribution in [0.4, 0.5) is 0 Å². The molecule has 0 saturated carbocycles. The van der Waals surface area contributed by atoms with Gasteiger partial charge in [-0.25, -0.2) is 8.42 Å². The van der Waals surface area contributed by atoms with Crippen LogP contribution in [0.1, 0.15) is 37.8 Å². The highest BCUT2D eigenvalue weighted by Gasteiger charge is 2.29. The van der Waals surface area contributed by atoms with Crippen molar-refractivity contribution in [3.8, 4) is 5.75 Å². The Hall–Kier alpha value is -2.38. The van der Waals surface area contributed by atoms with E-state index in [0.717, 1.165) is 24.8 Å². The topological polar surface area (TPSA) is 75.7 Å². The van der Waals surface area contributed by atoms with E-state index in [1.807, 2.05) is 25.1 Å². The number of benzene rings is 2. The van der Waals surface area contributed by atoms with Crippen LogP contribution < -0.4 is 9.46 Å². The predicted octanol–water partition coefficient (Wildman–Crippen LogP) is 3.54. The van der Waals surface area contributed by atoms with Crippen LogP contribution in [0.15, 0.2) is 53.4 Å². The third kappa shape index (κ3) is 6.08. The van der Waals surface area contributed by atoms with Gasteiger partial charge in [0.25, 0.3) is 0 Å². The number of nitrogens with zero attached hydrogens (tertiary/aromatic N) is 1. The van der Waals surface area contributed by atoms with Crippen LogP contribution in [-0.2, 0) is 21.2 Å². The van der Waals surface area contributed by atoms with Gasteiger partial charge in [0.15, 0.2) is 0 Å². The first kappa shape index (κ1) is 23.3. The molecule has 1 aliphatic heterocycles. The molecule has 1 heterocycles. The summed E-state index contributed by atoms with van der Waals surface area (Å²) >= 11 is 0. The number of hydrogen-bond donors (Lipinski definition) is 1. The average Bonchev–Trinajstić information content (AvgIpc) is 2.75. The predicted molar refractivity (Wildman–Crippen MR) is 122 cm³/mol. The highest BCUT2D eigenvalue weighted by Crippen LogP contribution is 2.24. The Bertz CT molecular complexity index is 984. The number of carbonyl (C=O) groups is 1. The summed E-state index contributed by atoms with van der Waals surface area (Å²) < 4.78 is 33.6. The van der Waals surface area contributed by atoms with E-state index in [0.29, 0.717) is 31.4 Å². The molecule has 0 radical (unpaired) electrons. The number of ether oxygens (including phenoxy) is 1. The lowest BCUT2D eigenvalue weighted by atomic mass is 9.90. The first-order valence-electron chi connectivity index (χ1n) is 10.9. The molecule has 6 nitrogen and oxygen atoms in total. The molecule has 1 aliphatic rings. The van der Waals surface area contributed by atoms with Gasteiger partial charge in [0.1, 0.15) is 5.75 Å². The Kier molecular flexibility index (Phi) is 7.73. The van der Waals surface area contributed by atoms with Gasteiger partial charge in [0.2, 0.25) is 15.9 Å². The van der Waals surface area contributed by atoms with E-state index >= 15 is 0 Å². The summed E-state index contributed by atoms with van der Waals surface area (Å²) in [5.74, 6) is 1.03. The molecule has 1 amide bonds. The van der Waals surface area contributed by atoms with E-state index in [1.165, 1.54) is 11.6 Å². The van der Waals surface area contributed by atoms with Crippen LogP contribution >= 0.6 is 0 Å². The second-order valence-corrected chi connectivity index (χ2v) is 9.88. The molecule has 2 aromatic carbocycles. The number of likely N-dealkylation sites (tertiary alicyclic amines) is 1. The molecule has 0 spiro atoms. The van der Waals surface area contributed by atoms with Gasteiger partial charge in [0, 0.05) is 13.1 Å². The number of nitrogens with one attached hydrogen (secondary N) is 1. The van der Waals surface area contributed by atoms with Crippen molar-refractivity contribution < 1.29 is 17.9 Å².